The average molecular weight is 370 g/mol. The van der Waals surface area contributed by atoms with E-state index in [0.29, 0.717) is 0 Å². The first-order valence-corrected chi connectivity index (χ1v) is 9.83. The second kappa shape index (κ2) is 6.32. The molecule has 136 valence electrons. The fourth-order valence-corrected chi connectivity index (χ4v) is 4.28. The molecule has 0 saturated heterocycles. The smallest absolute Gasteiger partial charge is 0.146 e. The minimum atomic E-state index is 0.979. The van der Waals surface area contributed by atoms with Gasteiger partial charge in [-0.15, -0.1) is 0 Å². The molecular weight excluding hydrogens is 352 g/mol. The zero-order valence-electron chi connectivity index (χ0n) is 15.8. The summed E-state index contributed by atoms with van der Waals surface area (Å²) in [6.45, 7) is 0. The highest BCUT2D eigenvalue weighted by atomic mass is 15.0. The number of rotatable bonds is 2. The van der Waals surface area contributed by atoms with E-state index in [1.165, 1.54) is 27.1 Å². The SMILES string of the molecule is c1ccc(-c2nc(-c3c4ccccc4cc4ccccc34)n3ccccc23)cc1. The Kier molecular flexibility index (Phi) is 3.50. The van der Waals surface area contributed by atoms with Crippen molar-refractivity contribution in [3.05, 3.63) is 109 Å². The van der Waals surface area contributed by atoms with E-state index in [1.54, 1.807) is 0 Å². The molecule has 2 heterocycles. The van der Waals surface area contributed by atoms with Gasteiger partial charge in [-0.1, -0.05) is 84.9 Å². The van der Waals surface area contributed by atoms with E-state index in [2.05, 4.69) is 108 Å². The summed E-state index contributed by atoms with van der Waals surface area (Å²) >= 11 is 0. The van der Waals surface area contributed by atoms with Crippen LogP contribution in [0.3, 0.4) is 0 Å². The minimum absolute atomic E-state index is 0.979. The Morgan fingerprint density at radius 3 is 1.93 bits per heavy atom. The Balaban J connectivity index is 1.79. The van der Waals surface area contributed by atoms with Gasteiger partial charge in [0.2, 0.25) is 0 Å². The number of hydrogen-bond acceptors (Lipinski definition) is 1. The summed E-state index contributed by atoms with van der Waals surface area (Å²) in [5.74, 6) is 0.979. The second-order valence-electron chi connectivity index (χ2n) is 7.30. The van der Waals surface area contributed by atoms with Gasteiger partial charge in [-0.05, 0) is 39.7 Å². The third-order valence-electron chi connectivity index (χ3n) is 5.59. The molecule has 29 heavy (non-hydrogen) atoms. The van der Waals surface area contributed by atoms with Crippen LogP contribution in [-0.4, -0.2) is 9.38 Å². The van der Waals surface area contributed by atoms with Crippen LogP contribution in [0.1, 0.15) is 0 Å². The summed E-state index contributed by atoms with van der Waals surface area (Å²) in [7, 11) is 0. The number of nitrogens with zero attached hydrogens (tertiary/aromatic N) is 2. The number of hydrogen-bond donors (Lipinski definition) is 0. The average Bonchev–Trinajstić information content (AvgIpc) is 3.17. The molecule has 0 bridgehead atoms. The normalized spacial score (nSPS) is 11.4. The quantitative estimate of drug-likeness (QED) is 0.301. The first-order valence-electron chi connectivity index (χ1n) is 9.83. The largest absolute Gasteiger partial charge is 0.299 e. The van der Waals surface area contributed by atoms with Gasteiger partial charge < -0.3 is 0 Å². The van der Waals surface area contributed by atoms with Crippen LogP contribution in [0.25, 0.3) is 49.7 Å². The lowest BCUT2D eigenvalue weighted by Gasteiger charge is -2.11. The van der Waals surface area contributed by atoms with Crippen molar-refractivity contribution in [2.75, 3.05) is 0 Å². The van der Waals surface area contributed by atoms with Gasteiger partial charge in [0, 0.05) is 17.3 Å². The second-order valence-corrected chi connectivity index (χ2v) is 7.30. The first kappa shape index (κ1) is 16.1. The molecule has 0 saturated carbocycles. The monoisotopic (exact) mass is 370 g/mol. The van der Waals surface area contributed by atoms with Crippen LogP contribution in [0.15, 0.2) is 109 Å². The van der Waals surface area contributed by atoms with Crippen molar-refractivity contribution in [3.63, 3.8) is 0 Å². The molecule has 0 N–H and O–H groups in total. The van der Waals surface area contributed by atoms with Gasteiger partial charge >= 0.3 is 0 Å². The molecule has 6 aromatic rings. The van der Waals surface area contributed by atoms with Crippen molar-refractivity contribution in [1.29, 1.82) is 0 Å². The molecule has 0 amide bonds. The van der Waals surface area contributed by atoms with E-state index in [9.17, 15) is 0 Å². The van der Waals surface area contributed by atoms with Crippen molar-refractivity contribution in [3.8, 4) is 22.6 Å². The van der Waals surface area contributed by atoms with E-state index in [-0.39, 0.29) is 0 Å². The maximum absolute atomic E-state index is 5.19. The third-order valence-corrected chi connectivity index (χ3v) is 5.59. The number of pyridine rings is 1. The summed E-state index contributed by atoms with van der Waals surface area (Å²) in [5.41, 5.74) is 4.44. The van der Waals surface area contributed by atoms with E-state index >= 15 is 0 Å². The highest BCUT2D eigenvalue weighted by molar-refractivity contribution is 6.12. The van der Waals surface area contributed by atoms with E-state index < -0.39 is 0 Å². The van der Waals surface area contributed by atoms with Crippen molar-refractivity contribution < 1.29 is 0 Å². The lowest BCUT2D eigenvalue weighted by atomic mass is 9.96. The Morgan fingerprint density at radius 1 is 0.586 bits per heavy atom. The fraction of sp³-hybridized carbons (Fsp3) is 0. The highest BCUT2D eigenvalue weighted by Crippen LogP contribution is 2.38. The van der Waals surface area contributed by atoms with Gasteiger partial charge in [0.1, 0.15) is 5.82 Å². The molecule has 0 aliphatic heterocycles. The van der Waals surface area contributed by atoms with Crippen LogP contribution in [0.5, 0.6) is 0 Å². The van der Waals surface area contributed by atoms with Gasteiger partial charge in [0.25, 0.3) is 0 Å². The maximum Gasteiger partial charge on any atom is 0.146 e. The van der Waals surface area contributed by atoms with E-state index in [1.807, 2.05) is 6.07 Å². The van der Waals surface area contributed by atoms with Crippen molar-refractivity contribution in [2.24, 2.45) is 0 Å². The van der Waals surface area contributed by atoms with Gasteiger partial charge in [-0.3, -0.25) is 4.40 Å². The summed E-state index contributed by atoms with van der Waals surface area (Å²) in [6.07, 6.45) is 2.11. The molecule has 0 fully saturated rings. The minimum Gasteiger partial charge on any atom is -0.299 e. The zero-order valence-corrected chi connectivity index (χ0v) is 15.8. The first-order chi connectivity index (χ1) is 14.4. The number of benzene rings is 4. The highest BCUT2D eigenvalue weighted by Gasteiger charge is 2.18. The Hall–Kier alpha value is -3.91. The maximum atomic E-state index is 5.19. The van der Waals surface area contributed by atoms with Crippen molar-refractivity contribution in [2.45, 2.75) is 0 Å². The predicted octanol–water partition coefficient (Wildman–Crippen LogP) is 6.97. The molecule has 4 aromatic carbocycles. The molecule has 6 rings (SSSR count). The topological polar surface area (TPSA) is 17.3 Å². The van der Waals surface area contributed by atoms with Crippen molar-refractivity contribution >= 4 is 27.1 Å². The lowest BCUT2D eigenvalue weighted by molar-refractivity contribution is 1.17. The number of imidazole rings is 1. The molecule has 0 aliphatic rings. The molecule has 0 spiro atoms. The molecule has 2 nitrogen and oxygen atoms in total. The van der Waals surface area contributed by atoms with E-state index in [0.717, 1.165) is 22.6 Å². The van der Waals surface area contributed by atoms with Gasteiger partial charge in [0.15, 0.2) is 0 Å². The third kappa shape index (κ3) is 2.46. The summed E-state index contributed by atoms with van der Waals surface area (Å²) in [5, 5.41) is 4.91. The summed E-state index contributed by atoms with van der Waals surface area (Å²) in [6, 6.07) is 36.1. The Labute approximate surface area is 168 Å². The molecular formula is C27H18N2. The predicted molar refractivity (Wildman–Crippen MR) is 121 cm³/mol. The van der Waals surface area contributed by atoms with Gasteiger partial charge in [-0.25, -0.2) is 4.98 Å². The van der Waals surface area contributed by atoms with Gasteiger partial charge in [-0.2, -0.15) is 0 Å². The van der Waals surface area contributed by atoms with Crippen LogP contribution in [-0.2, 0) is 0 Å². The zero-order chi connectivity index (χ0) is 19.2. The molecule has 2 aromatic heterocycles. The Bertz CT molecular complexity index is 1440. The van der Waals surface area contributed by atoms with E-state index in [4.69, 9.17) is 4.98 Å². The molecule has 0 radical (unpaired) electrons. The van der Waals surface area contributed by atoms with Gasteiger partial charge in [0.05, 0.1) is 11.2 Å². The lowest BCUT2D eigenvalue weighted by Crippen LogP contribution is -1.92. The standard InChI is InChI=1S/C27H18N2/c1-2-10-19(11-3-1)26-24-16-8-9-17-29(24)27(28-26)25-22-14-6-4-12-20(22)18-21-13-5-7-15-23(21)25/h1-18H. The fourth-order valence-electron chi connectivity index (χ4n) is 4.28. The summed E-state index contributed by atoms with van der Waals surface area (Å²) in [4.78, 5) is 5.19. The number of aromatic nitrogens is 2. The van der Waals surface area contributed by atoms with Crippen molar-refractivity contribution in [1.82, 2.24) is 9.38 Å². The van der Waals surface area contributed by atoms with Crippen LogP contribution < -0.4 is 0 Å². The number of fused-ring (bicyclic) bond motifs is 3. The van der Waals surface area contributed by atoms with Crippen LogP contribution in [0, 0.1) is 0 Å². The molecule has 2 heteroatoms. The van der Waals surface area contributed by atoms with Crippen LogP contribution in [0.4, 0.5) is 0 Å². The van der Waals surface area contributed by atoms with Crippen LogP contribution in [0.2, 0.25) is 0 Å². The molecule has 0 aliphatic carbocycles. The molecule has 0 atom stereocenters. The summed E-state index contributed by atoms with van der Waals surface area (Å²) < 4.78 is 2.22. The van der Waals surface area contributed by atoms with Crippen LogP contribution >= 0.6 is 0 Å². The Morgan fingerprint density at radius 2 is 1.21 bits per heavy atom. The molecule has 0 unspecified atom stereocenters.